The number of nitro groups is 1. The van der Waals surface area contributed by atoms with Crippen molar-refractivity contribution < 1.29 is 24.0 Å². The number of carbonyl (C=O) groups excluding carboxylic acids is 1. The molecule has 0 aliphatic heterocycles. The van der Waals surface area contributed by atoms with Gasteiger partial charge in [-0.05, 0) is 34.7 Å². The van der Waals surface area contributed by atoms with Crippen LogP contribution in [-0.2, 0) is 0 Å². The van der Waals surface area contributed by atoms with E-state index in [1.807, 2.05) is 0 Å². The lowest BCUT2D eigenvalue weighted by Gasteiger charge is -2.06. The lowest BCUT2D eigenvalue weighted by Crippen LogP contribution is -2.03. The molecule has 1 N–H and O–H groups in total. The molecule has 0 saturated carbocycles. The molecule has 7 nitrogen and oxygen atoms in total. The number of carboxylic acids is 1. The smallest absolute Gasteiger partial charge is 0.336 e. The van der Waals surface area contributed by atoms with Gasteiger partial charge in [0.1, 0.15) is 5.76 Å². The number of hydrogen-bond acceptors (Lipinski definition) is 5. The minimum absolute atomic E-state index is 0.0468. The number of aromatic carboxylic acids is 1. The molecule has 0 fully saturated rings. The largest absolute Gasteiger partial charge is 0.478 e. The number of halogens is 1. The Hall–Kier alpha value is -2.23. The van der Waals surface area contributed by atoms with Crippen molar-refractivity contribution in [1.82, 2.24) is 0 Å². The normalized spacial score (nSPS) is 10.2. The number of hydrogen-bond donors (Lipinski definition) is 1. The molecule has 2 rings (SSSR count). The van der Waals surface area contributed by atoms with Crippen LogP contribution in [0, 0.1) is 13.7 Å². The fraction of sp³-hybridized carbons (Fsp3) is 0. The van der Waals surface area contributed by atoms with Crippen LogP contribution in [0.2, 0.25) is 0 Å². The maximum absolute atomic E-state index is 11.3. The summed E-state index contributed by atoms with van der Waals surface area (Å²) in [5.74, 6) is -1.10. The highest BCUT2D eigenvalue weighted by Crippen LogP contribution is 2.33. The second-order valence-electron chi connectivity index (χ2n) is 3.73. The highest BCUT2D eigenvalue weighted by atomic mass is 127. The van der Waals surface area contributed by atoms with Crippen molar-refractivity contribution in [2.45, 2.75) is 0 Å². The lowest BCUT2D eigenvalue weighted by molar-refractivity contribution is -0.385. The van der Waals surface area contributed by atoms with Crippen LogP contribution in [0.3, 0.4) is 0 Å². The minimum Gasteiger partial charge on any atom is -0.478 e. The molecule has 20 heavy (non-hydrogen) atoms. The van der Waals surface area contributed by atoms with Crippen molar-refractivity contribution in [3.05, 3.63) is 49.3 Å². The molecule has 2 aromatic rings. The van der Waals surface area contributed by atoms with Crippen LogP contribution >= 0.6 is 22.6 Å². The zero-order chi connectivity index (χ0) is 14.9. The van der Waals surface area contributed by atoms with Gasteiger partial charge in [0, 0.05) is 21.3 Å². The first-order valence-electron chi connectivity index (χ1n) is 5.20. The molecule has 1 heterocycles. The van der Waals surface area contributed by atoms with Crippen LogP contribution in [0.15, 0.2) is 28.7 Å². The Morgan fingerprint density at radius 1 is 1.40 bits per heavy atom. The van der Waals surface area contributed by atoms with E-state index in [1.54, 1.807) is 22.6 Å². The van der Waals surface area contributed by atoms with Crippen molar-refractivity contribution in [2.24, 2.45) is 0 Å². The van der Waals surface area contributed by atoms with E-state index < -0.39 is 10.9 Å². The predicted molar refractivity (Wildman–Crippen MR) is 75.9 cm³/mol. The Morgan fingerprint density at radius 3 is 2.60 bits per heavy atom. The molecule has 102 valence electrons. The summed E-state index contributed by atoms with van der Waals surface area (Å²) >= 11 is 1.79. The summed E-state index contributed by atoms with van der Waals surface area (Å²) < 4.78 is 5.53. The third kappa shape index (κ3) is 2.54. The number of rotatable bonds is 4. The first-order chi connectivity index (χ1) is 9.43. The maximum atomic E-state index is 11.3. The molecule has 0 aliphatic carbocycles. The fourth-order valence-corrected chi connectivity index (χ4v) is 2.54. The molecule has 0 bridgehead atoms. The third-order valence-corrected chi connectivity index (χ3v) is 3.36. The number of carboxylic acid groups (broad SMARTS) is 1. The third-order valence-electron chi connectivity index (χ3n) is 2.51. The average molecular weight is 387 g/mol. The van der Waals surface area contributed by atoms with Gasteiger partial charge in [0.15, 0.2) is 12.0 Å². The summed E-state index contributed by atoms with van der Waals surface area (Å²) in [5.41, 5.74) is -0.370. The van der Waals surface area contributed by atoms with Gasteiger partial charge in [0.05, 0.1) is 10.5 Å². The van der Waals surface area contributed by atoms with E-state index in [2.05, 4.69) is 0 Å². The van der Waals surface area contributed by atoms with Crippen LogP contribution in [-0.4, -0.2) is 22.3 Å². The van der Waals surface area contributed by atoms with Crippen molar-refractivity contribution >= 4 is 40.5 Å². The van der Waals surface area contributed by atoms with Gasteiger partial charge in [-0.25, -0.2) is 4.79 Å². The molecular weight excluding hydrogens is 381 g/mol. The Bertz CT molecular complexity index is 721. The number of carbonyl (C=O) groups is 2. The summed E-state index contributed by atoms with van der Waals surface area (Å²) in [4.78, 5) is 32.0. The molecule has 1 aromatic carbocycles. The van der Waals surface area contributed by atoms with E-state index in [1.165, 1.54) is 18.2 Å². The summed E-state index contributed by atoms with van der Waals surface area (Å²) in [6, 6.07) is 5.04. The summed E-state index contributed by atoms with van der Waals surface area (Å²) in [6.45, 7) is 0. The van der Waals surface area contributed by atoms with Crippen molar-refractivity contribution in [3.8, 4) is 11.3 Å². The lowest BCUT2D eigenvalue weighted by atomic mass is 10.0. The van der Waals surface area contributed by atoms with Gasteiger partial charge in [0.25, 0.3) is 5.69 Å². The van der Waals surface area contributed by atoms with Crippen molar-refractivity contribution in [2.75, 3.05) is 0 Å². The van der Waals surface area contributed by atoms with Gasteiger partial charge in [0.2, 0.25) is 0 Å². The molecule has 0 atom stereocenters. The zero-order valence-corrected chi connectivity index (χ0v) is 11.9. The van der Waals surface area contributed by atoms with E-state index in [-0.39, 0.29) is 28.3 Å². The Morgan fingerprint density at radius 2 is 2.10 bits per heavy atom. The zero-order valence-electron chi connectivity index (χ0n) is 9.70. The highest BCUT2D eigenvalue weighted by molar-refractivity contribution is 14.1. The summed E-state index contributed by atoms with van der Waals surface area (Å²) in [6.07, 6.45) is 0.488. The molecule has 0 unspecified atom stereocenters. The van der Waals surface area contributed by atoms with Gasteiger partial charge < -0.3 is 9.52 Å². The summed E-state index contributed by atoms with van der Waals surface area (Å²) in [7, 11) is 0. The van der Waals surface area contributed by atoms with Crippen molar-refractivity contribution in [3.63, 3.8) is 0 Å². The number of furan rings is 1. The van der Waals surface area contributed by atoms with Crippen LogP contribution in [0.1, 0.15) is 20.9 Å². The van der Waals surface area contributed by atoms with Gasteiger partial charge in [-0.2, -0.15) is 0 Å². The monoisotopic (exact) mass is 387 g/mol. The topological polar surface area (TPSA) is 111 Å². The number of aldehydes is 1. The second-order valence-corrected chi connectivity index (χ2v) is 4.89. The minimum atomic E-state index is -1.31. The first kappa shape index (κ1) is 14.2. The van der Waals surface area contributed by atoms with Gasteiger partial charge in [-0.3, -0.25) is 14.9 Å². The van der Waals surface area contributed by atoms with E-state index in [0.717, 1.165) is 6.07 Å². The van der Waals surface area contributed by atoms with Crippen LogP contribution < -0.4 is 0 Å². The second kappa shape index (κ2) is 5.41. The molecule has 8 heteroatoms. The average Bonchev–Trinajstić information content (AvgIpc) is 2.85. The number of non-ortho nitro benzene ring substituents is 1. The molecule has 0 amide bonds. The van der Waals surface area contributed by atoms with Crippen LogP contribution in [0.25, 0.3) is 11.3 Å². The Labute approximate surface area is 125 Å². The number of nitrogens with zero attached hydrogens (tertiary/aromatic N) is 1. The van der Waals surface area contributed by atoms with E-state index in [0.29, 0.717) is 9.86 Å². The van der Waals surface area contributed by atoms with E-state index in [4.69, 9.17) is 4.42 Å². The summed E-state index contributed by atoms with van der Waals surface area (Å²) in [5, 5.41) is 20.0. The number of nitro benzene ring substituents is 1. The maximum Gasteiger partial charge on any atom is 0.336 e. The molecule has 0 saturated heterocycles. The number of benzene rings is 1. The van der Waals surface area contributed by atoms with Crippen LogP contribution in [0.5, 0.6) is 0 Å². The molecule has 0 spiro atoms. The molecule has 0 aliphatic rings. The fourth-order valence-electron chi connectivity index (χ4n) is 1.67. The Balaban J connectivity index is 2.71. The quantitative estimate of drug-likeness (QED) is 0.374. The van der Waals surface area contributed by atoms with Gasteiger partial charge >= 0.3 is 5.97 Å². The first-order valence-corrected chi connectivity index (χ1v) is 6.28. The highest BCUT2D eigenvalue weighted by Gasteiger charge is 2.22. The molecule has 0 radical (unpaired) electrons. The van der Waals surface area contributed by atoms with Crippen molar-refractivity contribution in [1.29, 1.82) is 0 Å². The molecule has 1 aromatic heterocycles. The SMILES string of the molecule is O=Cc1ccc(-c2c(I)cc([N+](=O)[O-])cc2C(=O)O)o1. The van der Waals surface area contributed by atoms with Crippen LogP contribution in [0.4, 0.5) is 5.69 Å². The standard InChI is InChI=1S/C12H6INO6/c13-9-4-6(14(18)19)3-8(12(16)17)11(9)10-2-1-7(5-15)20-10/h1-5H,(H,16,17). The van der Waals surface area contributed by atoms with Gasteiger partial charge in [-0.15, -0.1) is 0 Å². The molecular formula is C12H6INO6. The Kier molecular flexibility index (Phi) is 3.84. The van der Waals surface area contributed by atoms with Gasteiger partial charge in [-0.1, -0.05) is 0 Å². The van der Waals surface area contributed by atoms with E-state index >= 15 is 0 Å². The van der Waals surface area contributed by atoms with E-state index in [9.17, 15) is 24.8 Å². The predicted octanol–water partition coefficient (Wildman–Crippen LogP) is 2.97.